The largest absolute Gasteiger partial charge is 0.469 e. The molecule has 2 fully saturated rings. The summed E-state index contributed by atoms with van der Waals surface area (Å²) in [5.41, 5.74) is -12.5. The number of hydrogen-bond acceptors (Lipinski definition) is 6. The Bertz CT molecular complexity index is 772. The van der Waals surface area contributed by atoms with Gasteiger partial charge >= 0.3 is 17.0 Å². The zero-order valence-corrected chi connectivity index (χ0v) is 16.0. The Hall–Kier alpha value is -1.05. The van der Waals surface area contributed by atoms with E-state index >= 15 is 0 Å². The molecule has 164 valence electrons. The van der Waals surface area contributed by atoms with Crippen LogP contribution in [0.5, 0.6) is 0 Å². The summed E-state index contributed by atoms with van der Waals surface area (Å²) in [5, 5.41) is 0. The monoisotopic (exact) mass is 459 g/mol. The van der Waals surface area contributed by atoms with Gasteiger partial charge in [0.05, 0.1) is 12.0 Å². The van der Waals surface area contributed by atoms with E-state index < -0.39 is 59.7 Å². The van der Waals surface area contributed by atoms with Crippen LogP contribution in [0.1, 0.15) is 39.0 Å². The minimum Gasteiger partial charge on any atom is -0.465 e. The third-order valence-electron chi connectivity index (χ3n) is 5.02. The van der Waals surface area contributed by atoms with Gasteiger partial charge in [0, 0.05) is 0 Å². The van der Waals surface area contributed by atoms with E-state index in [1.165, 1.54) is 0 Å². The molecule has 0 aromatic heterocycles. The van der Waals surface area contributed by atoms with Gasteiger partial charge in [-0.15, -0.1) is 6.42 Å². The van der Waals surface area contributed by atoms with Crippen LogP contribution in [0.2, 0.25) is 0 Å². The third-order valence-corrected chi connectivity index (χ3v) is 9.09. The fourth-order valence-corrected chi connectivity index (χ4v) is 6.86. The van der Waals surface area contributed by atoms with Gasteiger partial charge in [0.2, 0.25) is 0 Å². The zero-order valence-electron chi connectivity index (χ0n) is 14.4. The molecule has 4 unspecified atom stereocenters. The first-order valence-corrected chi connectivity index (χ1v) is 11.1. The number of carbonyl (C=O) groups is 1. The fourth-order valence-electron chi connectivity index (χ4n) is 3.72. The highest BCUT2D eigenvalue weighted by Crippen LogP contribution is 2.49. The van der Waals surface area contributed by atoms with Crippen molar-refractivity contribution in [2.24, 2.45) is 17.8 Å². The van der Waals surface area contributed by atoms with Crippen LogP contribution >= 0.6 is 0 Å². The van der Waals surface area contributed by atoms with Gasteiger partial charge in [-0.3, -0.25) is 21.6 Å². The molecule has 0 aliphatic heterocycles. The number of halogens is 6. The van der Waals surface area contributed by atoms with Crippen molar-refractivity contribution in [2.75, 3.05) is 0 Å². The summed E-state index contributed by atoms with van der Waals surface area (Å²) >= 11 is 0. The van der Waals surface area contributed by atoms with Crippen molar-refractivity contribution in [1.29, 1.82) is 0 Å². The normalized spacial score (nSPS) is 27.2. The second-order valence-corrected chi connectivity index (χ2v) is 11.2. The number of carbonyl (C=O) groups excluding carboxylic acids is 1. The Kier molecular flexibility index (Phi) is 6.08. The van der Waals surface area contributed by atoms with Crippen molar-refractivity contribution in [2.45, 2.75) is 56.1 Å². The molecule has 28 heavy (non-hydrogen) atoms. The number of alkyl halides is 6. The van der Waals surface area contributed by atoms with E-state index in [2.05, 4.69) is 0 Å². The van der Waals surface area contributed by atoms with Gasteiger partial charge in [-0.1, -0.05) is 11.0 Å². The van der Waals surface area contributed by atoms with Crippen LogP contribution < -0.4 is 0 Å². The molecule has 0 aromatic rings. The molecule has 2 aliphatic carbocycles. The van der Waals surface area contributed by atoms with Crippen molar-refractivity contribution < 1.29 is 52.7 Å². The Balaban J connectivity index is 2.21. The molecule has 2 rings (SSSR count). The predicted molar refractivity (Wildman–Crippen MR) is 82.3 cm³/mol. The molecule has 2 bridgehead atoms. The van der Waals surface area contributed by atoms with Crippen LogP contribution in [0, 0.1) is 22.3 Å². The quantitative estimate of drug-likeness (QED) is 0.344. The minimum atomic E-state index is -6.82. The second-order valence-electron chi connectivity index (χ2n) is 7.00. The first-order valence-electron chi connectivity index (χ1n) is 8.17. The van der Waals surface area contributed by atoms with Crippen molar-refractivity contribution in [3.8, 4) is 0 Å². The van der Waals surface area contributed by atoms with Crippen molar-refractivity contribution in [3.63, 3.8) is 0 Å². The fraction of sp³-hybridized carbons (Fsp3) is 0.857. The summed E-state index contributed by atoms with van der Waals surface area (Å²) in [4.78, 5) is 12.1. The molecular weight excluding hydrogens is 442 g/mol. The first kappa shape index (κ1) is 23.2. The molecule has 6 nitrogen and oxygen atoms in total. The number of esters is 1. The summed E-state index contributed by atoms with van der Waals surface area (Å²) in [6, 6.07) is 0. The predicted octanol–water partition coefficient (Wildman–Crippen LogP) is 3.10. The standard InChI is InChI=1S/C14H17F6O6S2/c1-7(26-12(21)10-6-8-2-3-9(10)5-8)4-11(27(22,23)13(15,16)17)28(24,25)14(18,19)20/h7-10H,2-6H2,1H3/q-1. The van der Waals surface area contributed by atoms with Crippen LogP contribution in [0.4, 0.5) is 26.3 Å². The highest BCUT2D eigenvalue weighted by molar-refractivity contribution is 8.13. The van der Waals surface area contributed by atoms with E-state index in [4.69, 9.17) is 4.74 Å². The third kappa shape index (κ3) is 4.26. The van der Waals surface area contributed by atoms with Gasteiger partial charge in [0.1, 0.15) is 19.7 Å². The van der Waals surface area contributed by atoms with Crippen molar-refractivity contribution >= 4 is 25.6 Å². The van der Waals surface area contributed by atoms with Crippen LogP contribution in [0.25, 0.3) is 0 Å². The molecule has 0 heterocycles. The highest BCUT2D eigenvalue weighted by Gasteiger charge is 2.54. The van der Waals surface area contributed by atoms with Crippen molar-refractivity contribution in [3.05, 3.63) is 4.58 Å². The van der Waals surface area contributed by atoms with E-state index in [1.54, 1.807) is 0 Å². The molecule has 0 spiro atoms. The lowest BCUT2D eigenvalue weighted by Crippen LogP contribution is -2.41. The average molecular weight is 459 g/mol. The molecule has 14 heteroatoms. The lowest BCUT2D eigenvalue weighted by molar-refractivity contribution is -0.155. The summed E-state index contributed by atoms with van der Waals surface area (Å²) in [7, 11) is -13.6. The molecule has 2 aliphatic rings. The second kappa shape index (κ2) is 7.33. The van der Waals surface area contributed by atoms with E-state index in [0.29, 0.717) is 6.42 Å². The summed E-state index contributed by atoms with van der Waals surface area (Å²) in [5.74, 6) is -1.18. The van der Waals surface area contributed by atoms with Crippen LogP contribution in [-0.2, 0) is 29.2 Å². The zero-order chi connectivity index (χ0) is 21.7. The Morgan fingerprint density at radius 1 is 1.00 bits per heavy atom. The van der Waals surface area contributed by atoms with Crippen LogP contribution in [0.3, 0.4) is 0 Å². The number of fused-ring (bicyclic) bond motifs is 2. The molecule has 2 saturated carbocycles. The van der Waals surface area contributed by atoms with E-state index in [0.717, 1.165) is 26.2 Å². The lowest BCUT2D eigenvalue weighted by Gasteiger charge is -2.34. The molecule has 0 radical (unpaired) electrons. The van der Waals surface area contributed by atoms with E-state index in [-0.39, 0.29) is 11.8 Å². The molecular formula is C14H17F6O6S2-. The van der Waals surface area contributed by atoms with Gasteiger partial charge in [0.25, 0.3) is 0 Å². The van der Waals surface area contributed by atoms with Crippen LogP contribution in [-0.4, -0.2) is 39.9 Å². The molecule has 0 N–H and O–H groups in total. The number of ether oxygens (including phenoxy) is 1. The molecule has 0 aromatic carbocycles. The average Bonchev–Trinajstić information content (AvgIpc) is 3.12. The van der Waals surface area contributed by atoms with Gasteiger partial charge in [-0.25, -0.2) is 0 Å². The summed E-state index contributed by atoms with van der Waals surface area (Å²) in [6.07, 6.45) is -0.714. The summed E-state index contributed by atoms with van der Waals surface area (Å²) < 4.78 is 124. The Morgan fingerprint density at radius 2 is 1.50 bits per heavy atom. The van der Waals surface area contributed by atoms with Gasteiger partial charge < -0.3 is 4.74 Å². The first-order chi connectivity index (χ1) is 12.5. The van der Waals surface area contributed by atoms with Gasteiger partial charge in [-0.05, 0) is 38.0 Å². The molecule has 0 amide bonds. The van der Waals surface area contributed by atoms with Crippen LogP contribution in [0.15, 0.2) is 0 Å². The maximum absolute atomic E-state index is 12.7. The number of hydrogen-bond donors (Lipinski definition) is 0. The van der Waals surface area contributed by atoms with Gasteiger partial charge in [0.15, 0.2) is 0 Å². The maximum Gasteiger partial charge on any atom is 0.469 e. The molecule has 4 atom stereocenters. The topological polar surface area (TPSA) is 94.6 Å². The van der Waals surface area contributed by atoms with Gasteiger partial charge in [-0.2, -0.15) is 26.3 Å². The van der Waals surface area contributed by atoms with Crippen molar-refractivity contribution in [1.82, 2.24) is 0 Å². The summed E-state index contributed by atoms with van der Waals surface area (Å²) in [6.45, 7) is 0.836. The SMILES string of the molecule is CC(C[C-](S(=O)(=O)C(F)(F)F)S(=O)(=O)C(F)(F)F)OC(=O)C1CC2CCC1C2. The van der Waals surface area contributed by atoms with E-state index in [1.807, 2.05) is 0 Å². The number of sulfone groups is 2. The molecule has 0 saturated heterocycles. The Morgan fingerprint density at radius 3 is 1.86 bits per heavy atom. The highest BCUT2D eigenvalue weighted by atomic mass is 32.3. The maximum atomic E-state index is 12.7. The minimum absolute atomic E-state index is 0.00837. The van der Waals surface area contributed by atoms with E-state index in [9.17, 15) is 48.0 Å². The Labute approximate surface area is 157 Å². The number of rotatable bonds is 6. The smallest absolute Gasteiger partial charge is 0.465 e. The lowest BCUT2D eigenvalue weighted by atomic mass is 9.89.